The molecule has 3 aromatic heterocycles. The number of hydrogen-bond donors (Lipinski definition) is 4. The summed E-state index contributed by atoms with van der Waals surface area (Å²) in [7, 11) is 2.60. The second-order valence-electron chi connectivity index (χ2n) is 19.6. The van der Waals surface area contributed by atoms with Crippen LogP contribution in [0.15, 0.2) is 54.7 Å². The number of carbonyl (C=O) groups excluding carboxylic acids is 4. The summed E-state index contributed by atoms with van der Waals surface area (Å²) < 4.78 is 9.66. The monoisotopic (exact) mass is 889 g/mol. The number of benzene rings is 2. The number of aromatic amines is 2. The third-order valence-corrected chi connectivity index (χ3v) is 13.5. The Hall–Kier alpha value is -6.19. The Kier molecular flexibility index (Phi) is 12.8. The highest BCUT2D eigenvalue weighted by Crippen LogP contribution is 2.48. The number of anilines is 1. The molecule has 4 N–H and O–H groups in total. The molecule has 346 valence electrons. The summed E-state index contributed by atoms with van der Waals surface area (Å²) in [6, 6.07) is 15.3. The van der Waals surface area contributed by atoms with Crippen LogP contribution in [0.25, 0.3) is 22.1 Å². The van der Waals surface area contributed by atoms with Crippen molar-refractivity contribution in [2.75, 3.05) is 32.2 Å². The van der Waals surface area contributed by atoms with E-state index in [0.29, 0.717) is 13.1 Å². The van der Waals surface area contributed by atoms with Gasteiger partial charge in [0.15, 0.2) is 0 Å². The van der Waals surface area contributed by atoms with Crippen LogP contribution in [0.3, 0.4) is 0 Å². The van der Waals surface area contributed by atoms with Crippen LogP contribution >= 0.6 is 0 Å². The van der Waals surface area contributed by atoms with Gasteiger partial charge in [-0.15, -0.1) is 0 Å². The van der Waals surface area contributed by atoms with E-state index in [-0.39, 0.29) is 53.2 Å². The van der Waals surface area contributed by atoms with E-state index in [9.17, 15) is 19.2 Å². The number of imidazole rings is 2. The molecule has 3 saturated heterocycles. The van der Waals surface area contributed by atoms with Gasteiger partial charge in [-0.3, -0.25) is 14.6 Å². The van der Waals surface area contributed by atoms with Crippen LogP contribution in [-0.2, 0) is 24.5 Å². The van der Waals surface area contributed by atoms with Crippen molar-refractivity contribution in [2.45, 2.75) is 129 Å². The number of rotatable bonds is 11. The lowest BCUT2D eigenvalue weighted by Crippen LogP contribution is -2.51. The first-order valence-corrected chi connectivity index (χ1v) is 23.1. The molecule has 3 aliphatic heterocycles. The number of carbonyl (C=O) groups is 4. The molecule has 0 saturated carbocycles. The van der Waals surface area contributed by atoms with Gasteiger partial charge in [0.05, 0.1) is 72.3 Å². The van der Waals surface area contributed by atoms with Crippen molar-refractivity contribution in [1.82, 2.24) is 45.4 Å². The largest absolute Gasteiger partial charge is 0.453 e. The lowest BCUT2D eigenvalue weighted by molar-refractivity contribution is -0.136. The first kappa shape index (κ1) is 45.4. The van der Waals surface area contributed by atoms with Crippen molar-refractivity contribution in [1.29, 1.82) is 0 Å². The SMILES string of the molecule is COC(=O)NC(C(=O)N1CCCC1c1nc2ccc([C@H]3CCC(c4ccc5nc([C@@H]6CCCN6C(=O)[C@@H](NC(=O)OC)C(C)C)[nH]c5c4)N3c3ccc(C(C)(C)C)nc3)cc2[nH]1)C(C)C. The van der Waals surface area contributed by atoms with E-state index in [1.54, 1.807) is 0 Å². The standard InChI is InChI=1S/C49H64N10O6/c1-27(2)41(55-47(62)64-8)45(60)57-22-10-12-38(57)43-51-32-17-14-29(24-34(32)53-43)36-19-20-37(59(36)31-16-21-40(50-26-31)49(5,6)7)30-15-18-33-35(25-30)54-44(52-33)39-13-11-23-58(39)46(61)42(28(3)4)56-48(63)65-9/h14-18,21,24-28,36-39,41-42H,10-13,19-20,22-23H2,1-9H3,(H,51,53)(H,52,54)(H,55,62)(H,56,63)/t36-,37?,38?,39+,41?,42+/m1/s1. The normalized spacial score (nSPS) is 21.1. The van der Waals surface area contributed by atoms with Crippen molar-refractivity contribution >= 4 is 51.8 Å². The molecule has 16 nitrogen and oxygen atoms in total. The van der Waals surface area contributed by atoms with Crippen molar-refractivity contribution in [3.63, 3.8) is 0 Å². The fourth-order valence-corrected chi connectivity index (χ4v) is 10.0. The molecule has 3 aliphatic rings. The van der Waals surface area contributed by atoms with Gasteiger partial charge < -0.3 is 44.8 Å². The summed E-state index contributed by atoms with van der Waals surface area (Å²) in [5.74, 6) is 0.943. The molecule has 0 radical (unpaired) electrons. The zero-order valence-electron chi connectivity index (χ0n) is 39.1. The zero-order chi connectivity index (χ0) is 46.3. The first-order valence-electron chi connectivity index (χ1n) is 23.1. The van der Waals surface area contributed by atoms with E-state index in [0.717, 1.165) is 94.7 Å². The van der Waals surface area contributed by atoms with Crippen LogP contribution in [0.4, 0.5) is 15.3 Å². The van der Waals surface area contributed by atoms with E-state index >= 15 is 0 Å². The number of H-pyrrole nitrogens is 2. The predicted octanol–water partition coefficient (Wildman–Crippen LogP) is 8.30. The molecule has 6 heterocycles. The minimum atomic E-state index is -0.711. The molecule has 4 amide bonds. The van der Waals surface area contributed by atoms with Crippen LogP contribution in [0.2, 0.25) is 0 Å². The van der Waals surface area contributed by atoms with Gasteiger partial charge in [-0.25, -0.2) is 19.6 Å². The van der Waals surface area contributed by atoms with Crippen LogP contribution < -0.4 is 15.5 Å². The number of amides is 4. The predicted molar refractivity (Wildman–Crippen MR) is 248 cm³/mol. The van der Waals surface area contributed by atoms with Gasteiger partial charge >= 0.3 is 12.2 Å². The number of ether oxygens (including phenoxy) is 2. The minimum absolute atomic E-state index is 0.0257. The van der Waals surface area contributed by atoms with E-state index < -0.39 is 24.3 Å². The number of hydrogen-bond acceptors (Lipinski definition) is 10. The maximum Gasteiger partial charge on any atom is 0.407 e. The summed E-state index contributed by atoms with van der Waals surface area (Å²) in [5, 5.41) is 5.48. The maximum absolute atomic E-state index is 13.9. The third kappa shape index (κ3) is 9.08. The van der Waals surface area contributed by atoms with Gasteiger partial charge in [0.1, 0.15) is 23.7 Å². The number of nitrogens with one attached hydrogen (secondary N) is 4. The topological polar surface area (TPSA) is 191 Å². The van der Waals surface area contributed by atoms with Crippen LogP contribution in [0.5, 0.6) is 0 Å². The van der Waals surface area contributed by atoms with E-state index in [1.165, 1.54) is 14.2 Å². The number of pyridine rings is 1. The summed E-state index contributed by atoms with van der Waals surface area (Å²) in [4.78, 5) is 80.5. The van der Waals surface area contributed by atoms with Crippen molar-refractivity contribution in [3.05, 3.63) is 83.2 Å². The molecular weight excluding hydrogens is 825 g/mol. The highest BCUT2D eigenvalue weighted by Gasteiger charge is 2.41. The van der Waals surface area contributed by atoms with Gasteiger partial charge in [0.2, 0.25) is 11.8 Å². The molecule has 0 aliphatic carbocycles. The smallest absolute Gasteiger partial charge is 0.407 e. The van der Waals surface area contributed by atoms with E-state index in [4.69, 9.17) is 24.4 Å². The number of methoxy groups -OCH3 is 2. The Morgan fingerprint density at radius 2 is 1.12 bits per heavy atom. The lowest BCUT2D eigenvalue weighted by atomic mass is 9.91. The summed E-state index contributed by atoms with van der Waals surface area (Å²) in [5.41, 5.74) is 7.71. The zero-order valence-corrected chi connectivity index (χ0v) is 39.1. The molecule has 0 bridgehead atoms. The molecule has 3 fully saturated rings. The first-order chi connectivity index (χ1) is 31.1. The maximum atomic E-state index is 13.9. The Labute approximate surface area is 380 Å². The minimum Gasteiger partial charge on any atom is -0.453 e. The Balaban J connectivity index is 1.09. The third-order valence-electron chi connectivity index (χ3n) is 13.5. The molecule has 5 aromatic rings. The van der Waals surface area contributed by atoms with E-state index in [1.807, 2.05) is 43.7 Å². The number of nitrogens with zero attached hydrogens (tertiary/aromatic N) is 6. The molecule has 16 heteroatoms. The fourth-order valence-electron chi connectivity index (χ4n) is 10.0. The molecule has 3 unspecified atom stereocenters. The van der Waals surface area contributed by atoms with Gasteiger partial charge in [-0.05, 0) is 97.9 Å². The molecule has 65 heavy (non-hydrogen) atoms. The van der Waals surface area contributed by atoms with Gasteiger partial charge in [-0.1, -0.05) is 60.6 Å². The summed E-state index contributed by atoms with van der Waals surface area (Å²) in [6.07, 6.45) is 5.75. The Bertz CT molecular complexity index is 2400. The van der Waals surface area contributed by atoms with Gasteiger partial charge in [0.25, 0.3) is 0 Å². The Morgan fingerprint density at radius 3 is 1.51 bits per heavy atom. The van der Waals surface area contributed by atoms with E-state index in [2.05, 4.69) is 94.8 Å². The lowest BCUT2D eigenvalue weighted by Gasteiger charge is -2.33. The van der Waals surface area contributed by atoms with Crippen molar-refractivity contribution in [2.24, 2.45) is 11.8 Å². The second-order valence-corrected chi connectivity index (χ2v) is 19.6. The number of aromatic nitrogens is 5. The average molecular weight is 889 g/mol. The van der Waals surface area contributed by atoms with Crippen molar-refractivity contribution < 1.29 is 28.7 Å². The average Bonchev–Trinajstić information content (AvgIpc) is 4.14. The quantitative estimate of drug-likeness (QED) is 0.100. The number of fused-ring (bicyclic) bond motifs is 2. The van der Waals surface area contributed by atoms with Gasteiger partial charge in [-0.2, -0.15) is 0 Å². The second kappa shape index (κ2) is 18.4. The molecular formula is C49H64N10O6. The van der Waals surface area contributed by atoms with Crippen LogP contribution in [0.1, 0.15) is 140 Å². The van der Waals surface area contributed by atoms with Crippen LogP contribution in [0, 0.1) is 11.8 Å². The number of likely N-dealkylation sites (tertiary alicyclic amines) is 2. The highest BCUT2D eigenvalue weighted by molar-refractivity contribution is 5.87. The molecule has 2 aromatic carbocycles. The molecule has 0 spiro atoms. The Morgan fingerprint density at radius 1 is 0.662 bits per heavy atom. The fraction of sp³-hybridized carbons (Fsp3) is 0.531. The van der Waals surface area contributed by atoms with Gasteiger partial charge in [0, 0.05) is 24.2 Å². The van der Waals surface area contributed by atoms with Crippen LogP contribution in [-0.4, -0.2) is 98.1 Å². The highest BCUT2D eigenvalue weighted by atomic mass is 16.5. The summed E-state index contributed by atoms with van der Waals surface area (Å²) in [6.45, 7) is 15.3. The number of alkyl carbamates (subject to hydrolysis) is 2. The molecule has 6 atom stereocenters. The summed E-state index contributed by atoms with van der Waals surface area (Å²) >= 11 is 0. The van der Waals surface area contributed by atoms with Crippen molar-refractivity contribution in [3.8, 4) is 0 Å². The molecule has 8 rings (SSSR count).